The van der Waals surface area contributed by atoms with E-state index in [0.29, 0.717) is 26.1 Å². The van der Waals surface area contributed by atoms with Crippen molar-refractivity contribution >= 4 is 17.7 Å². The number of hydrogen-bond donors (Lipinski definition) is 1. The minimum absolute atomic E-state index is 0.0156. The number of carbonyl (C=O) groups is 3. The largest absolute Gasteiger partial charge is 0.484 e. The Morgan fingerprint density at radius 2 is 1.90 bits per heavy atom. The van der Waals surface area contributed by atoms with Gasteiger partial charge >= 0.3 is 0 Å². The van der Waals surface area contributed by atoms with Crippen molar-refractivity contribution in [2.24, 2.45) is 5.92 Å². The summed E-state index contributed by atoms with van der Waals surface area (Å²) >= 11 is 0. The molecule has 0 saturated carbocycles. The molecule has 2 saturated heterocycles. The van der Waals surface area contributed by atoms with E-state index in [1.165, 1.54) is 0 Å². The second-order valence-electron chi connectivity index (χ2n) is 8.77. The predicted molar refractivity (Wildman–Crippen MR) is 114 cm³/mol. The van der Waals surface area contributed by atoms with Crippen molar-refractivity contribution in [1.29, 1.82) is 0 Å². The van der Waals surface area contributed by atoms with E-state index in [0.717, 1.165) is 29.7 Å². The number of nitrogens with one attached hydrogen (secondary N) is 1. The van der Waals surface area contributed by atoms with Crippen LogP contribution in [-0.2, 0) is 14.4 Å². The summed E-state index contributed by atoms with van der Waals surface area (Å²) in [6.45, 7) is 9.64. The number of aryl methyl sites for hydroxylation is 2. The van der Waals surface area contributed by atoms with Crippen LogP contribution in [-0.4, -0.2) is 65.8 Å². The van der Waals surface area contributed by atoms with E-state index in [2.05, 4.69) is 5.32 Å². The fourth-order valence-electron chi connectivity index (χ4n) is 4.27. The lowest BCUT2D eigenvalue weighted by Crippen LogP contribution is -2.49. The Kier molecular flexibility index (Phi) is 7.00. The molecule has 1 aromatic rings. The first-order chi connectivity index (χ1) is 14.2. The lowest BCUT2D eigenvalue weighted by molar-refractivity contribution is -0.137. The number of ether oxygens (including phenoxy) is 1. The van der Waals surface area contributed by atoms with Gasteiger partial charge in [-0.05, 0) is 52.2 Å². The van der Waals surface area contributed by atoms with E-state index in [4.69, 9.17) is 4.74 Å². The molecule has 0 aliphatic carbocycles. The third-order valence-electron chi connectivity index (χ3n) is 5.99. The predicted octanol–water partition coefficient (Wildman–Crippen LogP) is 2.05. The number of likely N-dealkylation sites (tertiary alicyclic amines) is 2. The molecule has 2 aliphatic heterocycles. The molecule has 0 bridgehead atoms. The first-order valence-electron chi connectivity index (χ1n) is 10.8. The summed E-state index contributed by atoms with van der Waals surface area (Å²) in [7, 11) is 0. The van der Waals surface area contributed by atoms with E-state index in [-0.39, 0.29) is 42.3 Å². The number of nitrogens with zero attached hydrogens (tertiary/aromatic N) is 2. The average molecular weight is 416 g/mol. The van der Waals surface area contributed by atoms with E-state index in [9.17, 15) is 14.4 Å². The van der Waals surface area contributed by atoms with Gasteiger partial charge in [0.15, 0.2) is 6.61 Å². The van der Waals surface area contributed by atoms with Crippen LogP contribution in [0.2, 0.25) is 0 Å². The zero-order valence-corrected chi connectivity index (χ0v) is 18.4. The second-order valence-corrected chi connectivity index (χ2v) is 8.77. The number of carbonyl (C=O) groups excluding carboxylic acids is 3. The van der Waals surface area contributed by atoms with Gasteiger partial charge in [0, 0.05) is 38.1 Å². The van der Waals surface area contributed by atoms with Crippen LogP contribution in [0.25, 0.3) is 0 Å². The summed E-state index contributed by atoms with van der Waals surface area (Å²) in [6, 6.07) is 6.04. The van der Waals surface area contributed by atoms with Crippen LogP contribution in [0.1, 0.15) is 44.2 Å². The number of benzene rings is 1. The molecule has 3 amide bonds. The topological polar surface area (TPSA) is 79.0 Å². The summed E-state index contributed by atoms with van der Waals surface area (Å²) in [4.78, 5) is 40.8. The van der Waals surface area contributed by atoms with Crippen LogP contribution in [0.4, 0.5) is 0 Å². The fraction of sp³-hybridized carbons (Fsp3) is 0.609. The monoisotopic (exact) mass is 415 g/mol. The highest BCUT2D eigenvalue weighted by molar-refractivity contribution is 5.89. The normalized spacial score (nSPS) is 20.0. The molecule has 0 aromatic heterocycles. The number of amides is 3. The molecule has 1 aromatic carbocycles. The minimum Gasteiger partial charge on any atom is -0.484 e. The Hall–Kier alpha value is -2.57. The second kappa shape index (κ2) is 9.49. The van der Waals surface area contributed by atoms with Crippen molar-refractivity contribution in [3.05, 3.63) is 29.3 Å². The third kappa shape index (κ3) is 5.32. The molecule has 164 valence electrons. The highest BCUT2D eigenvalue weighted by atomic mass is 16.5. The highest BCUT2D eigenvalue weighted by Crippen LogP contribution is 2.24. The minimum atomic E-state index is -0.239. The van der Waals surface area contributed by atoms with Gasteiger partial charge in [-0.25, -0.2) is 0 Å². The molecule has 0 radical (unpaired) electrons. The number of piperidine rings is 1. The van der Waals surface area contributed by atoms with Gasteiger partial charge < -0.3 is 19.9 Å². The molecule has 2 aliphatic rings. The highest BCUT2D eigenvalue weighted by Gasteiger charge is 2.38. The molecule has 1 N–H and O–H groups in total. The van der Waals surface area contributed by atoms with Crippen molar-refractivity contribution in [2.45, 2.75) is 59.0 Å². The van der Waals surface area contributed by atoms with Crippen molar-refractivity contribution < 1.29 is 19.1 Å². The molecular weight excluding hydrogens is 382 g/mol. The Balaban J connectivity index is 1.41. The van der Waals surface area contributed by atoms with Gasteiger partial charge in [-0.2, -0.15) is 0 Å². The van der Waals surface area contributed by atoms with E-state index in [1.807, 2.05) is 50.8 Å². The van der Waals surface area contributed by atoms with Crippen LogP contribution in [0, 0.1) is 19.8 Å². The quantitative estimate of drug-likeness (QED) is 0.771. The lowest BCUT2D eigenvalue weighted by atomic mass is 10.0. The van der Waals surface area contributed by atoms with Crippen molar-refractivity contribution in [1.82, 2.24) is 15.1 Å². The van der Waals surface area contributed by atoms with Gasteiger partial charge in [0.1, 0.15) is 5.75 Å². The molecule has 1 unspecified atom stereocenters. The maximum atomic E-state index is 12.8. The summed E-state index contributed by atoms with van der Waals surface area (Å²) in [6.07, 6.45) is 1.74. The van der Waals surface area contributed by atoms with E-state index < -0.39 is 0 Å². The summed E-state index contributed by atoms with van der Waals surface area (Å²) in [5.74, 6) is 0.465. The first-order valence-corrected chi connectivity index (χ1v) is 10.8. The van der Waals surface area contributed by atoms with Crippen molar-refractivity contribution in [3.63, 3.8) is 0 Å². The molecular formula is C23H33N3O4. The van der Waals surface area contributed by atoms with Crippen LogP contribution >= 0.6 is 0 Å². The smallest absolute Gasteiger partial charge is 0.258 e. The van der Waals surface area contributed by atoms with Gasteiger partial charge in [-0.15, -0.1) is 0 Å². The average Bonchev–Trinajstić information content (AvgIpc) is 3.09. The Morgan fingerprint density at radius 3 is 2.50 bits per heavy atom. The fourth-order valence-corrected chi connectivity index (χ4v) is 4.27. The standard InChI is InChI=1S/C23H33N3O4/c1-15(2)26-13-18(12-22(26)28)23(29)25-9-7-19(8-10-25)24-21(27)14-30-20-6-5-16(3)11-17(20)4/h5-6,11,15,18-19H,7-10,12-14H2,1-4H3,(H,24,27). The molecule has 7 nitrogen and oxygen atoms in total. The van der Waals surface area contributed by atoms with Crippen molar-refractivity contribution in [2.75, 3.05) is 26.2 Å². The van der Waals surface area contributed by atoms with Crippen LogP contribution in [0.3, 0.4) is 0 Å². The summed E-state index contributed by atoms with van der Waals surface area (Å²) in [5, 5.41) is 3.01. The molecule has 30 heavy (non-hydrogen) atoms. The molecule has 3 rings (SSSR count). The summed E-state index contributed by atoms with van der Waals surface area (Å²) in [5.41, 5.74) is 2.17. The van der Waals surface area contributed by atoms with Crippen LogP contribution in [0.15, 0.2) is 18.2 Å². The van der Waals surface area contributed by atoms with Gasteiger partial charge in [-0.1, -0.05) is 17.7 Å². The SMILES string of the molecule is Cc1ccc(OCC(=O)NC2CCN(C(=O)C3CC(=O)N(C(C)C)C3)CC2)c(C)c1. The maximum absolute atomic E-state index is 12.8. The summed E-state index contributed by atoms with van der Waals surface area (Å²) < 4.78 is 5.65. The zero-order valence-electron chi connectivity index (χ0n) is 18.4. The van der Waals surface area contributed by atoms with E-state index in [1.54, 1.807) is 4.90 Å². The molecule has 2 heterocycles. The Labute approximate surface area is 178 Å². The number of rotatable bonds is 6. The zero-order chi connectivity index (χ0) is 21.8. The van der Waals surface area contributed by atoms with Gasteiger partial charge in [0.25, 0.3) is 5.91 Å². The number of hydrogen-bond acceptors (Lipinski definition) is 4. The lowest BCUT2D eigenvalue weighted by Gasteiger charge is -2.34. The van der Waals surface area contributed by atoms with Gasteiger partial charge in [0.2, 0.25) is 11.8 Å². The van der Waals surface area contributed by atoms with Gasteiger partial charge in [-0.3, -0.25) is 14.4 Å². The van der Waals surface area contributed by atoms with Crippen LogP contribution in [0.5, 0.6) is 5.75 Å². The van der Waals surface area contributed by atoms with Crippen molar-refractivity contribution in [3.8, 4) is 5.75 Å². The molecule has 7 heteroatoms. The van der Waals surface area contributed by atoms with Gasteiger partial charge in [0.05, 0.1) is 5.92 Å². The third-order valence-corrected chi connectivity index (χ3v) is 5.99. The molecule has 2 fully saturated rings. The molecule has 1 atom stereocenters. The first kappa shape index (κ1) is 22.1. The Bertz CT molecular complexity index is 800. The Morgan fingerprint density at radius 1 is 1.20 bits per heavy atom. The maximum Gasteiger partial charge on any atom is 0.258 e. The van der Waals surface area contributed by atoms with Crippen LogP contribution < -0.4 is 10.1 Å². The molecule has 0 spiro atoms. The van der Waals surface area contributed by atoms with E-state index >= 15 is 0 Å².